The molecule has 3 N–H and O–H groups in total. The lowest BCUT2D eigenvalue weighted by atomic mass is 10.1. The summed E-state index contributed by atoms with van der Waals surface area (Å²) in [7, 11) is 0. The first-order valence-electron chi connectivity index (χ1n) is 9.71. The Morgan fingerprint density at radius 1 is 1.21 bits per heavy atom. The molecule has 0 aliphatic heterocycles. The maximum Gasteiger partial charge on any atom is 0.263 e. The first-order chi connectivity index (χ1) is 15.7. The zero-order valence-corrected chi connectivity index (χ0v) is 19.5. The van der Waals surface area contributed by atoms with Crippen LogP contribution in [0.1, 0.15) is 35.3 Å². The van der Waals surface area contributed by atoms with Crippen LogP contribution in [0.2, 0.25) is 0 Å². The van der Waals surface area contributed by atoms with Gasteiger partial charge in [0.25, 0.3) is 5.91 Å². The molecule has 2 aromatic rings. The Morgan fingerprint density at radius 2 is 1.94 bits per heavy atom. The molecule has 11 heteroatoms. The lowest BCUT2D eigenvalue weighted by molar-refractivity contribution is -0.123. The van der Waals surface area contributed by atoms with Gasteiger partial charge in [0.05, 0.1) is 23.5 Å². The lowest BCUT2D eigenvalue weighted by Gasteiger charge is -2.19. The molecule has 0 fully saturated rings. The van der Waals surface area contributed by atoms with Crippen molar-refractivity contribution < 1.29 is 27.9 Å². The van der Waals surface area contributed by atoms with E-state index in [4.69, 9.17) is 11.5 Å². The molecule has 6 nitrogen and oxygen atoms in total. The first kappa shape index (κ1) is 26.4. The number of hydrogen-bond donors (Lipinski definition) is 3. The second-order valence-corrected chi connectivity index (χ2v) is 8.43. The molecule has 176 valence electrons. The highest BCUT2D eigenvalue weighted by atomic mass is 32.2. The van der Waals surface area contributed by atoms with Crippen LogP contribution in [0.3, 0.4) is 0 Å². The Labute approximate surface area is 198 Å². The standard InChI is InChI=1S/C22H22F3N3O3S2/c1-4-14-6-7-18(17(23)10-14)26-21-16(22(31)27-32-9-8-29)11-15(19(24)20(21)25)12-33-28(5-2)13(3)30/h1,6-7,10-11,26,29H,5,8-9,12H2,2-3H3,(H,27,31). The summed E-state index contributed by atoms with van der Waals surface area (Å²) in [6, 6.07) is 4.84. The average Bonchev–Trinajstić information content (AvgIpc) is 2.79. The molecular weight excluding hydrogens is 475 g/mol. The van der Waals surface area contributed by atoms with Gasteiger partial charge < -0.3 is 10.4 Å². The topological polar surface area (TPSA) is 81.7 Å². The molecule has 0 radical (unpaired) electrons. The van der Waals surface area contributed by atoms with Crippen molar-refractivity contribution in [2.75, 3.05) is 24.2 Å². The van der Waals surface area contributed by atoms with Crippen molar-refractivity contribution in [3.63, 3.8) is 0 Å². The molecule has 0 saturated carbocycles. The zero-order valence-electron chi connectivity index (χ0n) is 17.9. The van der Waals surface area contributed by atoms with E-state index < -0.39 is 29.0 Å². The molecule has 2 rings (SSSR count). The summed E-state index contributed by atoms with van der Waals surface area (Å²) < 4.78 is 48.1. The Kier molecular flexibility index (Phi) is 9.96. The number of hydrogen-bond acceptors (Lipinski definition) is 6. The molecule has 0 aromatic heterocycles. The fraction of sp³-hybridized carbons (Fsp3) is 0.273. The third-order valence-corrected chi connectivity index (χ3v) is 6.28. The Bertz CT molecular complexity index is 1080. The highest BCUT2D eigenvalue weighted by Gasteiger charge is 2.24. The van der Waals surface area contributed by atoms with Gasteiger partial charge in [0.1, 0.15) is 5.82 Å². The fourth-order valence-electron chi connectivity index (χ4n) is 2.70. The Hall–Kier alpha value is -2.81. The van der Waals surface area contributed by atoms with Gasteiger partial charge in [-0.1, -0.05) is 5.92 Å². The van der Waals surface area contributed by atoms with Crippen molar-refractivity contribution in [3.05, 3.63) is 58.4 Å². The number of anilines is 2. The van der Waals surface area contributed by atoms with Crippen LogP contribution >= 0.6 is 23.9 Å². The summed E-state index contributed by atoms with van der Waals surface area (Å²) in [6.45, 7) is 3.22. The Balaban J connectivity index is 2.48. The number of rotatable bonds is 10. The lowest BCUT2D eigenvalue weighted by Crippen LogP contribution is -2.22. The molecule has 0 unspecified atom stereocenters. The predicted molar refractivity (Wildman–Crippen MR) is 125 cm³/mol. The molecular formula is C22H22F3N3O3S2. The average molecular weight is 498 g/mol. The van der Waals surface area contributed by atoms with Crippen LogP contribution in [0.4, 0.5) is 24.5 Å². The number of nitrogens with zero attached hydrogens (tertiary/aromatic N) is 1. The van der Waals surface area contributed by atoms with Crippen LogP contribution in [0.15, 0.2) is 24.3 Å². The Morgan fingerprint density at radius 3 is 2.52 bits per heavy atom. The van der Waals surface area contributed by atoms with Gasteiger partial charge in [-0.15, -0.1) is 6.42 Å². The summed E-state index contributed by atoms with van der Waals surface area (Å²) in [5.41, 5.74) is -0.944. The number of benzene rings is 2. The number of aliphatic hydroxyl groups excluding tert-OH is 1. The molecule has 0 saturated heterocycles. The summed E-state index contributed by atoms with van der Waals surface area (Å²) >= 11 is 1.84. The number of aliphatic hydroxyl groups is 1. The second kappa shape index (κ2) is 12.4. The van der Waals surface area contributed by atoms with Gasteiger partial charge in [0, 0.05) is 36.1 Å². The summed E-state index contributed by atoms with van der Waals surface area (Å²) in [5.74, 6) is -2.14. The highest BCUT2D eigenvalue weighted by molar-refractivity contribution is 7.98. The van der Waals surface area contributed by atoms with Crippen LogP contribution in [0.5, 0.6) is 0 Å². The SMILES string of the molecule is C#Cc1ccc(Nc2c(C(=O)NSCCO)cc(CSN(CC)C(C)=O)c(F)c2F)c(F)c1. The molecule has 2 amide bonds. The normalized spacial score (nSPS) is 10.5. The second-order valence-electron chi connectivity index (χ2n) is 6.54. The van der Waals surface area contributed by atoms with Gasteiger partial charge in [0.15, 0.2) is 11.6 Å². The van der Waals surface area contributed by atoms with Gasteiger partial charge >= 0.3 is 0 Å². The van der Waals surface area contributed by atoms with E-state index in [2.05, 4.69) is 16.0 Å². The fourth-order valence-corrected chi connectivity index (χ4v) is 4.00. The smallest absolute Gasteiger partial charge is 0.263 e. The summed E-state index contributed by atoms with van der Waals surface area (Å²) in [6.07, 6.45) is 5.24. The summed E-state index contributed by atoms with van der Waals surface area (Å²) in [5, 5.41) is 11.3. The van der Waals surface area contributed by atoms with Crippen molar-refractivity contribution in [1.29, 1.82) is 0 Å². The highest BCUT2D eigenvalue weighted by Crippen LogP contribution is 2.32. The van der Waals surface area contributed by atoms with Crippen molar-refractivity contribution in [2.45, 2.75) is 19.6 Å². The van der Waals surface area contributed by atoms with Crippen LogP contribution < -0.4 is 10.0 Å². The molecule has 0 aliphatic carbocycles. The van der Waals surface area contributed by atoms with E-state index in [9.17, 15) is 18.4 Å². The maximum absolute atomic E-state index is 15.1. The minimum atomic E-state index is -1.38. The molecule has 2 aromatic carbocycles. The van der Waals surface area contributed by atoms with Crippen LogP contribution in [-0.2, 0) is 10.5 Å². The molecule has 0 aliphatic rings. The number of terminal acetylenes is 1. The monoisotopic (exact) mass is 497 g/mol. The molecule has 0 bridgehead atoms. The van der Waals surface area contributed by atoms with Gasteiger partial charge in [-0.05, 0) is 55.1 Å². The number of amides is 2. The number of carbonyl (C=O) groups is 2. The first-order valence-corrected chi connectivity index (χ1v) is 11.6. The van der Waals surface area contributed by atoms with Crippen LogP contribution in [0.25, 0.3) is 0 Å². The minimum Gasteiger partial charge on any atom is -0.395 e. The van der Waals surface area contributed by atoms with Crippen molar-refractivity contribution in [2.24, 2.45) is 0 Å². The number of carbonyl (C=O) groups excluding carboxylic acids is 2. The van der Waals surface area contributed by atoms with Gasteiger partial charge in [-0.25, -0.2) is 13.2 Å². The quantitative estimate of drug-likeness (QED) is 0.259. The van der Waals surface area contributed by atoms with Crippen molar-refractivity contribution >= 4 is 47.1 Å². The zero-order chi connectivity index (χ0) is 24.5. The molecule has 0 heterocycles. The van der Waals surface area contributed by atoms with E-state index in [1.54, 1.807) is 6.92 Å². The van der Waals surface area contributed by atoms with Crippen molar-refractivity contribution in [3.8, 4) is 12.3 Å². The van der Waals surface area contributed by atoms with E-state index in [-0.39, 0.29) is 46.4 Å². The van der Waals surface area contributed by atoms with Gasteiger partial charge in [-0.2, -0.15) is 0 Å². The maximum atomic E-state index is 15.1. The van der Waals surface area contributed by atoms with Crippen LogP contribution in [-0.4, -0.2) is 40.1 Å². The van der Waals surface area contributed by atoms with E-state index in [1.165, 1.54) is 23.4 Å². The number of halogens is 3. The van der Waals surface area contributed by atoms with Gasteiger partial charge in [-0.3, -0.25) is 18.6 Å². The van der Waals surface area contributed by atoms with Gasteiger partial charge in [0.2, 0.25) is 5.91 Å². The molecule has 33 heavy (non-hydrogen) atoms. The van der Waals surface area contributed by atoms with E-state index >= 15 is 4.39 Å². The molecule has 0 spiro atoms. The van der Waals surface area contributed by atoms with E-state index in [0.717, 1.165) is 36.0 Å². The number of nitrogens with one attached hydrogen (secondary N) is 2. The minimum absolute atomic E-state index is 0.119. The van der Waals surface area contributed by atoms with Crippen molar-refractivity contribution in [1.82, 2.24) is 9.03 Å². The largest absolute Gasteiger partial charge is 0.395 e. The third kappa shape index (κ3) is 6.83. The molecule has 0 atom stereocenters. The van der Waals surface area contributed by atoms with Crippen LogP contribution in [0, 0.1) is 29.8 Å². The van der Waals surface area contributed by atoms with E-state index in [1.807, 2.05) is 0 Å². The summed E-state index contributed by atoms with van der Waals surface area (Å²) in [4.78, 5) is 24.3. The third-order valence-electron chi connectivity index (χ3n) is 4.29. The van der Waals surface area contributed by atoms with E-state index in [0.29, 0.717) is 6.54 Å². The predicted octanol–water partition coefficient (Wildman–Crippen LogP) is 4.22.